The zero-order chi connectivity index (χ0) is 18.7. The molecule has 1 heterocycles. The molecule has 5 nitrogen and oxygen atoms in total. The van der Waals surface area contributed by atoms with Crippen molar-refractivity contribution in [3.63, 3.8) is 0 Å². The molecule has 0 aliphatic carbocycles. The van der Waals surface area contributed by atoms with Crippen molar-refractivity contribution < 1.29 is 14.3 Å². The van der Waals surface area contributed by atoms with Crippen LogP contribution in [0, 0.1) is 0 Å². The number of esters is 1. The molecular formula is C20H21ClN2O3. The zero-order valence-corrected chi connectivity index (χ0v) is 15.5. The Morgan fingerprint density at radius 3 is 2.73 bits per heavy atom. The molecule has 0 aromatic heterocycles. The number of amides is 1. The Hall–Kier alpha value is -2.53. The van der Waals surface area contributed by atoms with Crippen LogP contribution in [0.4, 0.5) is 11.4 Å². The molecule has 0 unspecified atom stereocenters. The first-order valence-corrected chi connectivity index (χ1v) is 8.88. The number of nitrogens with one attached hydrogen (secondary N) is 1. The number of fused-ring (bicyclic) bond motifs is 1. The molecule has 6 heteroatoms. The predicted octanol–water partition coefficient (Wildman–Crippen LogP) is 4.12. The van der Waals surface area contributed by atoms with Crippen molar-refractivity contribution in [3.05, 3.63) is 59.1 Å². The Labute approximate surface area is 157 Å². The van der Waals surface area contributed by atoms with Gasteiger partial charge in [-0.15, -0.1) is 0 Å². The first-order valence-electron chi connectivity index (χ1n) is 8.50. The topological polar surface area (TPSA) is 58.6 Å². The van der Waals surface area contributed by atoms with Crippen molar-refractivity contribution in [2.45, 2.75) is 25.8 Å². The van der Waals surface area contributed by atoms with Gasteiger partial charge in [-0.2, -0.15) is 0 Å². The van der Waals surface area contributed by atoms with Crippen LogP contribution < -0.4 is 10.2 Å². The normalized spacial score (nSPS) is 15.2. The van der Waals surface area contributed by atoms with Gasteiger partial charge in [0, 0.05) is 11.6 Å². The summed E-state index contributed by atoms with van der Waals surface area (Å²) < 4.78 is 5.30. The van der Waals surface area contributed by atoms with Crippen LogP contribution in [0.3, 0.4) is 0 Å². The van der Waals surface area contributed by atoms with Crippen LogP contribution in [0.5, 0.6) is 0 Å². The Bertz CT molecular complexity index is 835. The van der Waals surface area contributed by atoms with Crippen molar-refractivity contribution in [1.82, 2.24) is 0 Å². The first-order chi connectivity index (χ1) is 12.4. The smallest absolute Gasteiger partial charge is 0.338 e. The SMILES string of the molecule is CC1(C)Nc2ccccc2N(CCCOC(=O)c2cccc(Cl)c2)C1=O. The standard InChI is InChI=1S/C20H21ClN2O3/c1-20(2)19(25)23(17-10-4-3-9-16(17)22-20)11-6-12-26-18(24)14-7-5-8-15(21)13-14/h3-5,7-10,13,22H,6,11-12H2,1-2H3. The number of hydrogen-bond donors (Lipinski definition) is 1. The lowest BCUT2D eigenvalue weighted by Gasteiger charge is -2.39. The third kappa shape index (κ3) is 3.83. The number of halogens is 1. The molecule has 3 rings (SSSR count). The fourth-order valence-electron chi connectivity index (χ4n) is 2.96. The van der Waals surface area contributed by atoms with E-state index in [2.05, 4.69) is 5.32 Å². The van der Waals surface area contributed by atoms with E-state index in [-0.39, 0.29) is 12.5 Å². The summed E-state index contributed by atoms with van der Waals surface area (Å²) in [5, 5.41) is 3.75. The Morgan fingerprint density at radius 1 is 1.19 bits per heavy atom. The number of benzene rings is 2. The maximum absolute atomic E-state index is 12.7. The van der Waals surface area contributed by atoms with Gasteiger partial charge in [0.15, 0.2) is 0 Å². The van der Waals surface area contributed by atoms with E-state index < -0.39 is 11.5 Å². The summed E-state index contributed by atoms with van der Waals surface area (Å²) in [6, 6.07) is 14.3. The van der Waals surface area contributed by atoms with Crippen LogP contribution in [0.1, 0.15) is 30.6 Å². The summed E-state index contributed by atoms with van der Waals surface area (Å²) in [6.45, 7) is 4.42. The maximum Gasteiger partial charge on any atom is 0.338 e. The molecule has 0 saturated heterocycles. The highest BCUT2D eigenvalue weighted by atomic mass is 35.5. The molecule has 0 bridgehead atoms. The van der Waals surface area contributed by atoms with Crippen molar-refractivity contribution in [2.24, 2.45) is 0 Å². The number of anilines is 2. The number of hydrogen-bond acceptors (Lipinski definition) is 4. The van der Waals surface area contributed by atoms with E-state index in [0.717, 1.165) is 11.4 Å². The van der Waals surface area contributed by atoms with E-state index in [4.69, 9.17) is 16.3 Å². The van der Waals surface area contributed by atoms with Crippen LogP contribution in [-0.4, -0.2) is 30.6 Å². The van der Waals surface area contributed by atoms with Gasteiger partial charge in [0.2, 0.25) is 0 Å². The van der Waals surface area contributed by atoms with Gasteiger partial charge in [-0.3, -0.25) is 4.79 Å². The van der Waals surface area contributed by atoms with Gasteiger partial charge in [0.05, 0.1) is 23.5 Å². The van der Waals surface area contributed by atoms with Crippen LogP contribution >= 0.6 is 11.6 Å². The van der Waals surface area contributed by atoms with Crippen LogP contribution in [0.25, 0.3) is 0 Å². The van der Waals surface area contributed by atoms with Gasteiger partial charge in [-0.1, -0.05) is 29.8 Å². The Kier molecular flexibility index (Phi) is 5.18. The molecule has 0 radical (unpaired) electrons. The third-order valence-corrected chi connectivity index (χ3v) is 4.48. The minimum Gasteiger partial charge on any atom is -0.462 e. The molecule has 1 aliphatic heterocycles. The monoisotopic (exact) mass is 372 g/mol. The quantitative estimate of drug-likeness (QED) is 0.633. The van der Waals surface area contributed by atoms with Gasteiger partial charge in [0.25, 0.3) is 5.91 Å². The largest absolute Gasteiger partial charge is 0.462 e. The number of rotatable bonds is 5. The van der Waals surface area contributed by atoms with E-state index >= 15 is 0 Å². The lowest BCUT2D eigenvalue weighted by molar-refractivity contribution is -0.122. The number of carbonyl (C=O) groups is 2. The first kappa shape index (κ1) is 18.3. The molecule has 1 amide bonds. The zero-order valence-electron chi connectivity index (χ0n) is 14.8. The molecular weight excluding hydrogens is 352 g/mol. The maximum atomic E-state index is 12.7. The van der Waals surface area contributed by atoms with Crippen LogP contribution in [-0.2, 0) is 9.53 Å². The average Bonchev–Trinajstić information content (AvgIpc) is 2.61. The Balaban J connectivity index is 1.61. The average molecular weight is 373 g/mol. The molecule has 1 aliphatic rings. The predicted molar refractivity (Wildman–Crippen MR) is 103 cm³/mol. The molecule has 0 saturated carbocycles. The van der Waals surface area contributed by atoms with Crippen molar-refractivity contribution in [3.8, 4) is 0 Å². The second kappa shape index (κ2) is 7.38. The van der Waals surface area contributed by atoms with Gasteiger partial charge in [-0.05, 0) is 50.6 Å². The molecule has 0 fully saturated rings. The highest BCUT2D eigenvalue weighted by Crippen LogP contribution is 2.34. The fourth-order valence-corrected chi connectivity index (χ4v) is 3.15. The van der Waals surface area contributed by atoms with E-state index in [9.17, 15) is 9.59 Å². The summed E-state index contributed by atoms with van der Waals surface area (Å²) in [6.07, 6.45) is 0.544. The summed E-state index contributed by atoms with van der Waals surface area (Å²) in [5.74, 6) is -0.419. The molecule has 1 N–H and O–H groups in total. The van der Waals surface area contributed by atoms with Crippen LogP contribution in [0.15, 0.2) is 48.5 Å². The molecule has 26 heavy (non-hydrogen) atoms. The van der Waals surface area contributed by atoms with E-state index in [1.165, 1.54) is 0 Å². The molecule has 2 aromatic carbocycles. The highest BCUT2D eigenvalue weighted by molar-refractivity contribution is 6.30. The summed E-state index contributed by atoms with van der Waals surface area (Å²) in [7, 11) is 0. The molecule has 2 aromatic rings. The third-order valence-electron chi connectivity index (χ3n) is 4.24. The number of para-hydroxylation sites is 2. The molecule has 0 atom stereocenters. The highest BCUT2D eigenvalue weighted by Gasteiger charge is 2.38. The van der Waals surface area contributed by atoms with E-state index in [1.807, 2.05) is 38.1 Å². The molecule has 0 spiro atoms. The summed E-state index contributed by atoms with van der Waals surface area (Å²) in [5.41, 5.74) is 1.51. The number of ether oxygens (including phenoxy) is 1. The van der Waals surface area contributed by atoms with Crippen LogP contribution in [0.2, 0.25) is 5.02 Å². The van der Waals surface area contributed by atoms with Gasteiger partial charge in [-0.25, -0.2) is 4.79 Å². The van der Waals surface area contributed by atoms with Gasteiger partial charge in [0.1, 0.15) is 5.54 Å². The van der Waals surface area contributed by atoms with E-state index in [1.54, 1.807) is 29.2 Å². The summed E-state index contributed by atoms with van der Waals surface area (Å²) in [4.78, 5) is 26.5. The lowest BCUT2D eigenvalue weighted by atomic mass is 9.98. The minimum absolute atomic E-state index is 0.00244. The Morgan fingerprint density at radius 2 is 1.96 bits per heavy atom. The van der Waals surface area contributed by atoms with E-state index in [0.29, 0.717) is 23.6 Å². The van der Waals surface area contributed by atoms with Gasteiger partial charge < -0.3 is 15.0 Å². The molecule has 136 valence electrons. The second-order valence-electron chi connectivity index (χ2n) is 6.72. The summed E-state index contributed by atoms with van der Waals surface area (Å²) >= 11 is 5.88. The second-order valence-corrected chi connectivity index (χ2v) is 7.16. The van der Waals surface area contributed by atoms with Crippen molar-refractivity contribution >= 4 is 34.9 Å². The van der Waals surface area contributed by atoms with Gasteiger partial charge >= 0.3 is 5.97 Å². The fraction of sp³-hybridized carbons (Fsp3) is 0.300. The van der Waals surface area contributed by atoms with Crippen molar-refractivity contribution in [1.29, 1.82) is 0 Å². The number of nitrogens with zero attached hydrogens (tertiary/aromatic N) is 1. The van der Waals surface area contributed by atoms with Crippen molar-refractivity contribution in [2.75, 3.05) is 23.4 Å². The number of carbonyl (C=O) groups excluding carboxylic acids is 2. The minimum atomic E-state index is -0.675. The lowest BCUT2D eigenvalue weighted by Crippen LogP contribution is -2.54.